The first kappa shape index (κ1) is 9.88. The van der Waals surface area contributed by atoms with Crippen LogP contribution in [0.4, 0.5) is 0 Å². The van der Waals surface area contributed by atoms with Crippen molar-refractivity contribution < 1.29 is 0 Å². The van der Waals surface area contributed by atoms with E-state index >= 15 is 0 Å². The summed E-state index contributed by atoms with van der Waals surface area (Å²) < 4.78 is 0. The molecule has 0 unspecified atom stereocenters. The van der Waals surface area contributed by atoms with Gasteiger partial charge in [0.1, 0.15) is 0 Å². The predicted molar refractivity (Wildman–Crippen MR) is 44.8 cm³/mol. The van der Waals surface area contributed by atoms with Gasteiger partial charge in [-0.05, 0) is 13.8 Å². The zero-order valence-corrected chi connectivity index (χ0v) is 7.01. The van der Waals surface area contributed by atoms with Crippen molar-refractivity contribution in [3.05, 3.63) is 0 Å². The van der Waals surface area contributed by atoms with Crippen LogP contribution in [0.25, 0.3) is 0 Å². The molecule has 0 aromatic rings. The van der Waals surface area contributed by atoms with Crippen molar-refractivity contribution in [2.45, 2.75) is 19.9 Å². The number of hydrogen-bond acceptors (Lipinski definition) is 3. The fourth-order valence-electron chi connectivity index (χ4n) is 0.960. The minimum Gasteiger partial charge on any atom is -0.329 e. The van der Waals surface area contributed by atoms with E-state index in [1.54, 1.807) is 0 Å². The summed E-state index contributed by atoms with van der Waals surface area (Å²) in [5.74, 6) is 0. The van der Waals surface area contributed by atoms with Gasteiger partial charge in [-0.15, -0.1) is 0 Å². The lowest BCUT2D eigenvalue weighted by molar-refractivity contribution is 0.234. The summed E-state index contributed by atoms with van der Waals surface area (Å²) in [4.78, 5) is 2.28. The first-order chi connectivity index (χ1) is 4.72. The van der Waals surface area contributed by atoms with E-state index in [-0.39, 0.29) is 0 Å². The predicted octanol–water partition coefficient (Wildman–Crippen LogP) is -0.386. The van der Waals surface area contributed by atoms with E-state index in [0.29, 0.717) is 6.04 Å². The van der Waals surface area contributed by atoms with Crippen molar-refractivity contribution in [1.82, 2.24) is 4.90 Å². The summed E-state index contributed by atoms with van der Waals surface area (Å²) in [5.41, 5.74) is 10.8. The van der Waals surface area contributed by atoms with Crippen molar-refractivity contribution in [3.63, 3.8) is 0 Å². The number of hydrogen-bond donors (Lipinski definition) is 2. The highest BCUT2D eigenvalue weighted by molar-refractivity contribution is 4.62. The van der Waals surface area contributed by atoms with E-state index in [9.17, 15) is 0 Å². The largest absolute Gasteiger partial charge is 0.329 e. The smallest absolute Gasteiger partial charge is 0.0108 e. The van der Waals surface area contributed by atoms with Crippen LogP contribution in [0.1, 0.15) is 13.8 Å². The van der Waals surface area contributed by atoms with Crippen LogP contribution >= 0.6 is 0 Å². The van der Waals surface area contributed by atoms with Gasteiger partial charge in [0.05, 0.1) is 0 Å². The molecule has 0 amide bonds. The molecule has 0 rings (SSSR count). The third-order valence-corrected chi connectivity index (χ3v) is 1.56. The molecule has 3 heteroatoms. The van der Waals surface area contributed by atoms with Crippen LogP contribution in [0, 0.1) is 0 Å². The third-order valence-electron chi connectivity index (χ3n) is 1.56. The molecule has 3 nitrogen and oxygen atoms in total. The van der Waals surface area contributed by atoms with Crippen LogP contribution in [0.2, 0.25) is 0 Å². The second-order valence-corrected chi connectivity index (χ2v) is 2.71. The van der Waals surface area contributed by atoms with Crippen molar-refractivity contribution in [1.29, 1.82) is 0 Å². The topological polar surface area (TPSA) is 55.3 Å². The van der Waals surface area contributed by atoms with Gasteiger partial charge in [0.15, 0.2) is 0 Å². The van der Waals surface area contributed by atoms with Crippen molar-refractivity contribution in [2.75, 3.05) is 26.2 Å². The van der Waals surface area contributed by atoms with E-state index in [1.807, 2.05) is 0 Å². The van der Waals surface area contributed by atoms with Gasteiger partial charge in [-0.1, -0.05) is 0 Å². The Morgan fingerprint density at radius 1 is 1.10 bits per heavy atom. The first-order valence-corrected chi connectivity index (χ1v) is 3.86. The highest BCUT2D eigenvalue weighted by Crippen LogP contribution is 1.94. The molecular weight excluding hydrogens is 126 g/mol. The van der Waals surface area contributed by atoms with E-state index < -0.39 is 0 Å². The van der Waals surface area contributed by atoms with Crippen LogP contribution in [-0.2, 0) is 0 Å². The van der Waals surface area contributed by atoms with Gasteiger partial charge in [0.25, 0.3) is 0 Å². The maximum absolute atomic E-state index is 5.42. The second kappa shape index (κ2) is 5.65. The van der Waals surface area contributed by atoms with Crippen molar-refractivity contribution in [2.24, 2.45) is 11.5 Å². The fourth-order valence-corrected chi connectivity index (χ4v) is 0.960. The van der Waals surface area contributed by atoms with Gasteiger partial charge >= 0.3 is 0 Å². The summed E-state index contributed by atoms with van der Waals surface area (Å²) in [6.07, 6.45) is 0. The van der Waals surface area contributed by atoms with E-state index in [0.717, 1.165) is 26.2 Å². The Morgan fingerprint density at radius 2 is 1.50 bits per heavy atom. The quantitative estimate of drug-likeness (QED) is 0.554. The number of nitrogens with two attached hydrogens (primary N) is 2. The maximum atomic E-state index is 5.42. The Balaban J connectivity index is 3.50. The molecule has 0 fully saturated rings. The molecule has 0 aliphatic heterocycles. The molecule has 0 aliphatic carbocycles. The molecule has 0 aromatic heterocycles. The highest BCUT2D eigenvalue weighted by Gasteiger charge is 2.05. The van der Waals surface area contributed by atoms with Gasteiger partial charge in [0.2, 0.25) is 0 Å². The van der Waals surface area contributed by atoms with Crippen LogP contribution in [0.5, 0.6) is 0 Å². The summed E-state index contributed by atoms with van der Waals surface area (Å²) in [6.45, 7) is 7.66. The molecular formula is C7H19N3. The van der Waals surface area contributed by atoms with E-state index in [1.165, 1.54) is 0 Å². The number of nitrogens with zero attached hydrogens (tertiary/aromatic N) is 1. The SMILES string of the molecule is CC(C)N(CCN)CCN. The molecule has 0 atom stereocenters. The van der Waals surface area contributed by atoms with Gasteiger partial charge < -0.3 is 11.5 Å². The Kier molecular flexibility index (Phi) is 5.58. The standard InChI is InChI=1S/C7H19N3/c1-7(2)10(5-3-8)6-4-9/h7H,3-6,8-9H2,1-2H3. The van der Waals surface area contributed by atoms with Crippen LogP contribution in [0.15, 0.2) is 0 Å². The average molecular weight is 145 g/mol. The van der Waals surface area contributed by atoms with Crippen molar-refractivity contribution in [3.8, 4) is 0 Å². The third kappa shape index (κ3) is 3.82. The average Bonchev–Trinajstić information content (AvgIpc) is 1.87. The molecule has 4 N–H and O–H groups in total. The lowest BCUT2D eigenvalue weighted by atomic mass is 10.3. The molecule has 0 bridgehead atoms. The Hall–Kier alpha value is -0.120. The van der Waals surface area contributed by atoms with E-state index in [4.69, 9.17) is 11.5 Å². The summed E-state index contributed by atoms with van der Waals surface area (Å²) >= 11 is 0. The zero-order valence-electron chi connectivity index (χ0n) is 7.01. The Labute approximate surface area is 63.4 Å². The molecule has 0 radical (unpaired) electrons. The van der Waals surface area contributed by atoms with E-state index in [2.05, 4.69) is 18.7 Å². The van der Waals surface area contributed by atoms with Crippen LogP contribution in [-0.4, -0.2) is 37.1 Å². The summed E-state index contributed by atoms with van der Waals surface area (Å²) in [7, 11) is 0. The van der Waals surface area contributed by atoms with Gasteiger partial charge in [-0.2, -0.15) is 0 Å². The molecule has 62 valence electrons. The second-order valence-electron chi connectivity index (χ2n) is 2.71. The molecule has 0 heterocycles. The Bertz CT molecular complexity index is 67.3. The monoisotopic (exact) mass is 145 g/mol. The molecule has 10 heavy (non-hydrogen) atoms. The zero-order chi connectivity index (χ0) is 7.98. The van der Waals surface area contributed by atoms with Crippen LogP contribution < -0.4 is 11.5 Å². The Morgan fingerprint density at radius 3 is 1.70 bits per heavy atom. The van der Waals surface area contributed by atoms with Crippen molar-refractivity contribution >= 4 is 0 Å². The lowest BCUT2D eigenvalue weighted by Crippen LogP contribution is -2.38. The molecule has 0 saturated heterocycles. The molecule has 0 aliphatic rings. The summed E-state index contributed by atoms with van der Waals surface area (Å²) in [6, 6.07) is 0.562. The first-order valence-electron chi connectivity index (χ1n) is 3.86. The fraction of sp³-hybridized carbons (Fsp3) is 1.00. The normalized spacial score (nSPS) is 11.4. The van der Waals surface area contributed by atoms with Gasteiger partial charge in [0, 0.05) is 32.2 Å². The maximum Gasteiger partial charge on any atom is 0.0108 e. The molecule has 0 aromatic carbocycles. The molecule has 0 saturated carbocycles. The van der Waals surface area contributed by atoms with Gasteiger partial charge in [-0.25, -0.2) is 0 Å². The highest BCUT2D eigenvalue weighted by atomic mass is 15.2. The number of rotatable bonds is 5. The van der Waals surface area contributed by atoms with Gasteiger partial charge in [-0.3, -0.25) is 4.90 Å². The minimum absolute atomic E-state index is 0.562. The lowest BCUT2D eigenvalue weighted by Gasteiger charge is -2.24. The minimum atomic E-state index is 0.562. The summed E-state index contributed by atoms with van der Waals surface area (Å²) in [5, 5.41) is 0. The van der Waals surface area contributed by atoms with Crippen LogP contribution in [0.3, 0.4) is 0 Å². The molecule has 0 spiro atoms.